The Bertz CT molecular complexity index is 1160. The van der Waals surface area contributed by atoms with Gasteiger partial charge in [0.15, 0.2) is 11.7 Å². The second-order valence-corrected chi connectivity index (χ2v) is 6.59. The summed E-state index contributed by atoms with van der Waals surface area (Å²) < 4.78 is 5.44. The van der Waals surface area contributed by atoms with Gasteiger partial charge in [-0.05, 0) is 18.2 Å². The number of carbonyl (C=O) groups excluding carboxylic acids is 1. The molecule has 0 fully saturated rings. The second-order valence-electron chi connectivity index (χ2n) is 5.73. The number of amides is 1. The molecule has 132 valence electrons. The molecule has 0 unspecified atom stereocenters. The van der Waals surface area contributed by atoms with E-state index in [-0.39, 0.29) is 12.5 Å². The highest BCUT2D eigenvalue weighted by Crippen LogP contribution is 2.30. The van der Waals surface area contributed by atoms with Crippen LogP contribution in [0.1, 0.15) is 5.56 Å². The quantitative estimate of drug-likeness (QED) is 0.548. The molecule has 0 spiro atoms. The molecular weight excluding hydrogens is 360 g/mol. The van der Waals surface area contributed by atoms with Crippen LogP contribution in [0.4, 0.5) is 5.13 Å². The van der Waals surface area contributed by atoms with E-state index in [1.165, 1.54) is 11.3 Å². The Morgan fingerprint density at radius 3 is 2.93 bits per heavy atom. The summed E-state index contributed by atoms with van der Waals surface area (Å²) in [6.07, 6.45) is 1.91. The van der Waals surface area contributed by atoms with Gasteiger partial charge in [0.1, 0.15) is 11.8 Å². The maximum atomic E-state index is 12.1. The molecule has 2 aromatic heterocycles. The number of aromatic amines is 1. The molecular formula is C20H14N4O2S. The molecule has 27 heavy (non-hydrogen) atoms. The molecule has 0 aliphatic carbocycles. The minimum absolute atomic E-state index is 0.194. The lowest BCUT2D eigenvalue weighted by atomic mass is 10.1. The smallest absolute Gasteiger partial charge is 0.264 e. The highest BCUT2D eigenvalue weighted by Gasteiger charge is 2.12. The van der Waals surface area contributed by atoms with Gasteiger partial charge in [0.2, 0.25) is 0 Å². The van der Waals surface area contributed by atoms with E-state index >= 15 is 0 Å². The number of rotatable bonds is 5. The molecule has 6 nitrogen and oxygen atoms in total. The molecule has 1 amide bonds. The minimum Gasteiger partial charge on any atom is -0.482 e. The summed E-state index contributed by atoms with van der Waals surface area (Å²) in [7, 11) is 0. The summed E-state index contributed by atoms with van der Waals surface area (Å²) in [5.74, 6) is 0.0522. The number of hydrogen-bond acceptors (Lipinski definition) is 5. The van der Waals surface area contributed by atoms with E-state index in [1.807, 2.05) is 41.9 Å². The Hall–Kier alpha value is -3.63. The van der Waals surface area contributed by atoms with Crippen LogP contribution in [-0.4, -0.2) is 22.5 Å². The Morgan fingerprint density at radius 2 is 2.04 bits per heavy atom. The molecule has 2 heterocycles. The van der Waals surface area contributed by atoms with Gasteiger partial charge < -0.3 is 9.72 Å². The maximum Gasteiger partial charge on any atom is 0.264 e. The molecule has 0 atom stereocenters. The van der Waals surface area contributed by atoms with Crippen LogP contribution in [0.25, 0.3) is 22.2 Å². The molecule has 7 heteroatoms. The average Bonchev–Trinajstić information content (AvgIpc) is 3.33. The zero-order chi connectivity index (χ0) is 18.6. The van der Waals surface area contributed by atoms with E-state index in [0.717, 1.165) is 22.2 Å². The summed E-state index contributed by atoms with van der Waals surface area (Å²) in [6, 6.07) is 16.8. The van der Waals surface area contributed by atoms with Crippen LogP contribution >= 0.6 is 11.3 Å². The fraction of sp³-hybridized carbons (Fsp3) is 0.0500. The van der Waals surface area contributed by atoms with E-state index in [4.69, 9.17) is 10.00 Å². The van der Waals surface area contributed by atoms with Gasteiger partial charge in [-0.25, -0.2) is 4.98 Å². The molecule has 0 saturated carbocycles. The van der Waals surface area contributed by atoms with E-state index in [0.29, 0.717) is 16.4 Å². The number of fused-ring (bicyclic) bond motifs is 1. The molecule has 4 rings (SSSR count). The third-order valence-electron chi connectivity index (χ3n) is 3.98. The van der Waals surface area contributed by atoms with Gasteiger partial charge in [-0.1, -0.05) is 30.3 Å². The first kappa shape index (κ1) is 16.8. The Balaban J connectivity index is 1.43. The number of hydrogen-bond donors (Lipinski definition) is 2. The van der Waals surface area contributed by atoms with Gasteiger partial charge in [-0.15, -0.1) is 11.3 Å². The van der Waals surface area contributed by atoms with Crippen molar-refractivity contribution >= 4 is 33.3 Å². The number of thiazole rings is 1. The van der Waals surface area contributed by atoms with Gasteiger partial charge in [-0.3, -0.25) is 10.1 Å². The predicted molar refractivity (Wildman–Crippen MR) is 105 cm³/mol. The van der Waals surface area contributed by atoms with Crippen molar-refractivity contribution in [1.82, 2.24) is 9.97 Å². The number of carbonyl (C=O) groups is 1. The van der Waals surface area contributed by atoms with Crippen molar-refractivity contribution in [2.24, 2.45) is 0 Å². The van der Waals surface area contributed by atoms with Gasteiger partial charge >= 0.3 is 0 Å². The summed E-state index contributed by atoms with van der Waals surface area (Å²) in [4.78, 5) is 19.8. The molecule has 0 saturated heterocycles. The summed E-state index contributed by atoms with van der Waals surface area (Å²) >= 11 is 1.35. The monoisotopic (exact) mass is 374 g/mol. The Labute approximate surface area is 159 Å². The molecule has 0 aliphatic heterocycles. The Kier molecular flexibility index (Phi) is 4.56. The number of benzene rings is 2. The number of ether oxygens (including phenoxy) is 1. The minimum atomic E-state index is -0.331. The van der Waals surface area contributed by atoms with Gasteiger partial charge in [0, 0.05) is 28.0 Å². The lowest BCUT2D eigenvalue weighted by Crippen LogP contribution is -2.20. The number of H-pyrrole nitrogens is 1. The molecule has 2 N–H and O–H groups in total. The number of nitrogens with zero attached hydrogens (tertiary/aromatic N) is 2. The summed E-state index contributed by atoms with van der Waals surface area (Å²) in [5.41, 5.74) is 3.21. The van der Waals surface area contributed by atoms with Crippen molar-refractivity contribution in [3.63, 3.8) is 0 Å². The van der Waals surface area contributed by atoms with Crippen LogP contribution in [-0.2, 0) is 4.79 Å². The number of nitrogens with one attached hydrogen (secondary N) is 2. The zero-order valence-electron chi connectivity index (χ0n) is 14.1. The predicted octanol–water partition coefficient (Wildman–Crippen LogP) is 4.18. The molecule has 0 radical (unpaired) electrons. The van der Waals surface area contributed by atoms with Gasteiger partial charge in [0.05, 0.1) is 11.3 Å². The normalized spacial score (nSPS) is 10.5. The van der Waals surface area contributed by atoms with Crippen LogP contribution in [0.5, 0.6) is 5.75 Å². The van der Waals surface area contributed by atoms with Gasteiger partial charge in [-0.2, -0.15) is 5.26 Å². The number of nitriles is 1. The van der Waals surface area contributed by atoms with Crippen molar-refractivity contribution in [3.05, 3.63) is 65.7 Å². The first-order chi connectivity index (χ1) is 13.2. The van der Waals surface area contributed by atoms with Crippen molar-refractivity contribution in [2.45, 2.75) is 0 Å². The van der Waals surface area contributed by atoms with Crippen LogP contribution in [0.2, 0.25) is 0 Å². The highest BCUT2D eigenvalue weighted by atomic mass is 32.1. The van der Waals surface area contributed by atoms with Crippen LogP contribution < -0.4 is 10.1 Å². The van der Waals surface area contributed by atoms with Crippen LogP contribution in [0.3, 0.4) is 0 Å². The van der Waals surface area contributed by atoms with Crippen LogP contribution in [0.15, 0.2) is 60.1 Å². The average molecular weight is 374 g/mol. The van der Waals surface area contributed by atoms with Crippen LogP contribution in [0, 0.1) is 11.3 Å². The fourth-order valence-electron chi connectivity index (χ4n) is 2.72. The van der Waals surface area contributed by atoms with Crippen molar-refractivity contribution < 1.29 is 9.53 Å². The lowest BCUT2D eigenvalue weighted by Gasteiger charge is -2.06. The highest BCUT2D eigenvalue weighted by molar-refractivity contribution is 7.14. The largest absolute Gasteiger partial charge is 0.482 e. The summed E-state index contributed by atoms with van der Waals surface area (Å²) in [6.45, 7) is -0.194. The van der Waals surface area contributed by atoms with E-state index in [1.54, 1.807) is 24.3 Å². The molecule has 2 aromatic carbocycles. The zero-order valence-corrected chi connectivity index (χ0v) is 14.9. The van der Waals surface area contributed by atoms with E-state index in [2.05, 4.69) is 15.3 Å². The fourth-order valence-corrected chi connectivity index (χ4v) is 3.45. The molecule has 0 aliphatic rings. The van der Waals surface area contributed by atoms with Crippen molar-refractivity contribution in [1.29, 1.82) is 5.26 Å². The third kappa shape index (κ3) is 3.52. The second kappa shape index (κ2) is 7.32. The lowest BCUT2D eigenvalue weighted by molar-refractivity contribution is -0.118. The number of aromatic nitrogens is 2. The van der Waals surface area contributed by atoms with Crippen molar-refractivity contribution in [3.8, 4) is 23.1 Å². The standard InChI is InChI=1S/C20H14N4O2S/c21-9-13-5-1-4-8-18(13)26-11-19(25)24-20-23-17(12-27-20)15-10-22-16-7-3-2-6-14(15)16/h1-8,10,12,22H,11H2,(H,23,24,25). The third-order valence-corrected chi connectivity index (χ3v) is 4.74. The molecule has 0 bridgehead atoms. The first-order valence-corrected chi connectivity index (χ1v) is 9.06. The Morgan fingerprint density at radius 1 is 1.22 bits per heavy atom. The van der Waals surface area contributed by atoms with E-state index in [9.17, 15) is 4.79 Å². The maximum absolute atomic E-state index is 12.1. The van der Waals surface area contributed by atoms with Crippen molar-refractivity contribution in [2.75, 3.05) is 11.9 Å². The van der Waals surface area contributed by atoms with E-state index < -0.39 is 0 Å². The molecule has 4 aromatic rings. The number of anilines is 1. The first-order valence-electron chi connectivity index (χ1n) is 8.18. The topological polar surface area (TPSA) is 90.8 Å². The number of para-hydroxylation sites is 2. The van der Waals surface area contributed by atoms with Gasteiger partial charge in [0.25, 0.3) is 5.91 Å². The SMILES string of the molecule is N#Cc1ccccc1OCC(=O)Nc1nc(-c2c[nH]c3ccccc23)cs1. The summed E-state index contributed by atoms with van der Waals surface area (Å²) in [5, 5.41) is 15.3.